The number of sulfonamides is 1. The van der Waals surface area contributed by atoms with Gasteiger partial charge in [0.1, 0.15) is 6.04 Å². The second-order valence-electron chi connectivity index (χ2n) is 6.42. The van der Waals surface area contributed by atoms with E-state index in [-0.39, 0.29) is 22.6 Å². The second kappa shape index (κ2) is 9.48. The van der Waals surface area contributed by atoms with E-state index in [2.05, 4.69) is 15.4 Å². The van der Waals surface area contributed by atoms with Gasteiger partial charge in [-0.2, -0.15) is 0 Å². The molecule has 0 unspecified atom stereocenters. The van der Waals surface area contributed by atoms with Gasteiger partial charge in [-0.15, -0.1) is 0 Å². The molecule has 0 aliphatic rings. The van der Waals surface area contributed by atoms with Crippen LogP contribution in [0.5, 0.6) is 0 Å². The molecule has 2 aromatic carbocycles. The normalized spacial score (nSPS) is 13.4. The molecule has 3 N–H and O–H groups in total. The van der Waals surface area contributed by atoms with Crippen LogP contribution in [0.3, 0.4) is 0 Å². The molecule has 28 heavy (non-hydrogen) atoms. The van der Waals surface area contributed by atoms with E-state index >= 15 is 0 Å². The Morgan fingerprint density at radius 2 is 1.61 bits per heavy atom. The van der Waals surface area contributed by atoms with Crippen LogP contribution in [-0.2, 0) is 14.8 Å². The zero-order valence-electron chi connectivity index (χ0n) is 16.1. The lowest BCUT2D eigenvalue weighted by atomic mass is 9.97. The molecule has 0 spiro atoms. The van der Waals surface area contributed by atoms with Gasteiger partial charge < -0.3 is 10.6 Å². The molecule has 7 nitrogen and oxygen atoms in total. The summed E-state index contributed by atoms with van der Waals surface area (Å²) < 4.78 is 25.8. The maximum absolute atomic E-state index is 12.8. The molecule has 2 aromatic rings. The molecule has 2 atom stereocenters. The van der Waals surface area contributed by atoms with E-state index in [0.717, 1.165) is 0 Å². The van der Waals surface area contributed by atoms with Crippen LogP contribution in [0.4, 0.5) is 5.69 Å². The SMILES string of the molecule is CC[C@@H](C)[C@@H](NC(=O)c1ccccc1)C(=O)Nc1ccc(S(=O)(=O)NC)cc1. The number of hydrogen-bond acceptors (Lipinski definition) is 4. The standard InChI is InChI=1S/C20H25N3O4S/c1-4-14(2)18(23-19(24)15-8-6-5-7-9-15)20(25)22-16-10-12-17(13-11-16)28(26,27)21-3/h5-14,18,21H,4H2,1-3H3,(H,22,25)(H,23,24)/t14-,18-/m1/s1. The fourth-order valence-electron chi connectivity index (χ4n) is 2.57. The predicted molar refractivity (Wildman–Crippen MR) is 108 cm³/mol. The molecule has 0 saturated carbocycles. The fraction of sp³-hybridized carbons (Fsp3) is 0.300. The molecule has 8 heteroatoms. The number of carbonyl (C=O) groups is 2. The Balaban J connectivity index is 2.14. The quantitative estimate of drug-likeness (QED) is 0.629. The first-order chi connectivity index (χ1) is 13.3. The zero-order chi connectivity index (χ0) is 20.7. The molecule has 2 amide bonds. The number of nitrogens with one attached hydrogen (secondary N) is 3. The molecule has 0 aliphatic carbocycles. The minimum absolute atomic E-state index is 0.0865. The van der Waals surface area contributed by atoms with Crippen molar-refractivity contribution < 1.29 is 18.0 Å². The summed E-state index contributed by atoms with van der Waals surface area (Å²) in [6.45, 7) is 3.83. The van der Waals surface area contributed by atoms with Crippen LogP contribution in [0.15, 0.2) is 59.5 Å². The van der Waals surface area contributed by atoms with Crippen LogP contribution >= 0.6 is 0 Å². The van der Waals surface area contributed by atoms with Gasteiger partial charge in [0.05, 0.1) is 4.90 Å². The van der Waals surface area contributed by atoms with Crippen LogP contribution in [0, 0.1) is 5.92 Å². The molecule has 0 fully saturated rings. The minimum atomic E-state index is -3.54. The van der Waals surface area contributed by atoms with Crippen molar-refractivity contribution >= 4 is 27.5 Å². The lowest BCUT2D eigenvalue weighted by Crippen LogP contribution is -2.47. The van der Waals surface area contributed by atoms with E-state index in [4.69, 9.17) is 0 Å². The molecule has 0 aliphatic heterocycles. The number of benzene rings is 2. The predicted octanol–water partition coefficient (Wildman–Crippen LogP) is 2.38. The third-order valence-corrected chi connectivity index (χ3v) is 5.95. The highest BCUT2D eigenvalue weighted by Crippen LogP contribution is 2.16. The summed E-state index contributed by atoms with van der Waals surface area (Å²) in [5.74, 6) is -0.768. The van der Waals surface area contributed by atoms with E-state index in [9.17, 15) is 18.0 Å². The molecule has 150 valence electrons. The Kier molecular flexibility index (Phi) is 7.31. The van der Waals surface area contributed by atoms with Crippen molar-refractivity contribution in [2.45, 2.75) is 31.2 Å². The maximum atomic E-state index is 12.8. The first-order valence-corrected chi connectivity index (χ1v) is 10.5. The van der Waals surface area contributed by atoms with E-state index < -0.39 is 16.1 Å². The molecule has 0 radical (unpaired) electrons. The van der Waals surface area contributed by atoms with Gasteiger partial charge in [-0.1, -0.05) is 38.5 Å². The molecule has 0 heterocycles. The molecular weight excluding hydrogens is 378 g/mol. The number of anilines is 1. The van der Waals surface area contributed by atoms with Gasteiger partial charge in [-0.25, -0.2) is 13.1 Å². The average molecular weight is 404 g/mol. The van der Waals surface area contributed by atoms with Crippen molar-refractivity contribution in [3.8, 4) is 0 Å². The van der Waals surface area contributed by atoms with Crippen molar-refractivity contribution in [3.05, 3.63) is 60.2 Å². The van der Waals surface area contributed by atoms with Gasteiger partial charge in [0, 0.05) is 11.3 Å². The molecule has 0 saturated heterocycles. The first-order valence-electron chi connectivity index (χ1n) is 8.99. The van der Waals surface area contributed by atoms with Crippen molar-refractivity contribution in [1.82, 2.24) is 10.0 Å². The number of hydrogen-bond donors (Lipinski definition) is 3. The van der Waals surface area contributed by atoms with Gasteiger partial charge in [-0.3, -0.25) is 9.59 Å². The van der Waals surface area contributed by atoms with Crippen LogP contribution in [0.2, 0.25) is 0 Å². The summed E-state index contributed by atoms with van der Waals surface area (Å²) in [5, 5.41) is 5.53. The minimum Gasteiger partial charge on any atom is -0.340 e. The summed E-state index contributed by atoms with van der Waals surface area (Å²) in [6.07, 6.45) is 0.701. The highest BCUT2D eigenvalue weighted by Gasteiger charge is 2.26. The summed E-state index contributed by atoms with van der Waals surface area (Å²) >= 11 is 0. The Bertz CT molecular complexity index is 912. The van der Waals surface area contributed by atoms with Gasteiger partial charge in [0.15, 0.2) is 0 Å². The zero-order valence-corrected chi connectivity index (χ0v) is 16.9. The number of amides is 2. The Hall–Kier alpha value is -2.71. The summed E-state index contributed by atoms with van der Waals surface area (Å²) in [4.78, 5) is 25.3. The molecular formula is C20H25N3O4S. The summed E-state index contributed by atoms with van der Waals surface area (Å²) in [5.41, 5.74) is 0.924. The summed E-state index contributed by atoms with van der Waals surface area (Å²) in [6, 6.07) is 13.8. The van der Waals surface area contributed by atoms with Gasteiger partial charge in [0.25, 0.3) is 5.91 Å². The Morgan fingerprint density at radius 1 is 1.00 bits per heavy atom. The average Bonchev–Trinajstić information content (AvgIpc) is 2.72. The lowest BCUT2D eigenvalue weighted by molar-refractivity contribution is -0.119. The van der Waals surface area contributed by atoms with Crippen LogP contribution < -0.4 is 15.4 Å². The lowest BCUT2D eigenvalue weighted by Gasteiger charge is -2.23. The Morgan fingerprint density at radius 3 is 2.14 bits per heavy atom. The van der Waals surface area contributed by atoms with E-state index in [1.165, 1.54) is 31.3 Å². The van der Waals surface area contributed by atoms with Crippen LogP contribution in [0.25, 0.3) is 0 Å². The topological polar surface area (TPSA) is 104 Å². The number of carbonyl (C=O) groups excluding carboxylic acids is 2. The largest absolute Gasteiger partial charge is 0.340 e. The van der Waals surface area contributed by atoms with E-state index in [0.29, 0.717) is 17.7 Å². The van der Waals surface area contributed by atoms with Gasteiger partial charge in [-0.05, 0) is 49.4 Å². The Labute approximate surface area is 165 Å². The second-order valence-corrected chi connectivity index (χ2v) is 8.31. The van der Waals surface area contributed by atoms with Gasteiger partial charge >= 0.3 is 0 Å². The van der Waals surface area contributed by atoms with Crippen molar-refractivity contribution in [2.75, 3.05) is 12.4 Å². The van der Waals surface area contributed by atoms with E-state index in [1.54, 1.807) is 24.3 Å². The third kappa shape index (κ3) is 5.40. The van der Waals surface area contributed by atoms with Gasteiger partial charge in [0.2, 0.25) is 15.9 Å². The fourth-order valence-corrected chi connectivity index (χ4v) is 3.30. The van der Waals surface area contributed by atoms with Crippen molar-refractivity contribution in [2.24, 2.45) is 5.92 Å². The summed E-state index contributed by atoms with van der Waals surface area (Å²) in [7, 11) is -2.21. The van der Waals surface area contributed by atoms with Crippen molar-refractivity contribution in [3.63, 3.8) is 0 Å². The molecule has 0 bridgehead atoms. The first kappa shape index (κ1) is 21.6. The maximum Gasteiger partial charge on any atom is 0.251 e. The smallest absolute Gasteiger partial charge is 0.251 e. The highest BCUT2D eigenvalue weighted by molar-refractivity contribution is 7.89. The third-order valence-electron chi connectivity index (χ3n) is 4.52. The van der Waals surface area contributed by atoms with Crippen LogP contribution in [-0.4, -0.2) is 33.3 Å². The monoisotopic (exact) mass is 403 g/mol. The molecule has 0 aromatic heterocycles. The van der Waals surface area contributed by atoms with Crippen LogP contribution in [0.1, 0.15) is 30.6 Å². The highest BCUT2D eigenvalue weighted by atomic mass is 32.2. The van der Waals surface area contributed by atoms with E-state index in [1.807, 2.05) is 19.9 Å². The van der Waals surface area contributed by atoms with Crippen molar-refractivity contribution in [1.29, 1.82) is 0 Å². The molecule has 2 rings (SSSR count). The number of rotatable bonds is 8.